The van der Waals surface area contributed by atoms with Gasteiger partial charge < -0.3 is 5.32 Å². The van der Waals surface area contributed by atoms with Crippen LogP contribution in [0.2, 0.25) is 0 Å². The molecule has 0 bridgehead atoms. The zero-order valence-electron chi connectivity index (χ0n) is 7.43. The lowest BCUT2D eigenvalue weighted by molar-refractivity contribution is 0.112. The first kappa shape index (κ1) is 8.97. The highest BCUT2D eigenvalue weighted by molar-refractivity contribution is 4.78. The normalized spacial score (nSPS) is 30.3. The van der Waals surface area contributed by atoms with Crippen LogP contribution in [0.15, 0.2) is 0 Å². The number of rotatable bonds is 2. The summed E-state index contributed by atoms with van der Waals surface area (Å²) in [6.45, 7) is 7.37. The van der Waals surface area contributed by atoms with Gasteiger partial charge in [-0.1, -0.05) is 6.92 Å². The number of nitrogens with zero attached hydrogens (tertiary/aromatic N) is 1. The predicted molar refractivity (Wildman–Crippen MR) is 46.2 cm³/mol. The number of hydrogen-bond donors (Lipinski definition) is 1. The summed E-state index contributed by atoms with van der Waals surface area (Å²) < 4.78 is 0. The summed E-state index contributed by atoms with van der Waals surface area (Å²) in [4.78, 5) is 2.26. The molecule has 65 valence electrons. The van der Waals surface area contributed by atoms with E-state index in [9.17, 15) is 0 Å². The van der Waals surface area contributed by atoms with Gasteiger partial charge in [-0.3, -0.25) is 4.90 Å². The van der Waals surface area contributed by atoms with Gasteiger partial charge in [0.25, 0.3) is 0 Å². The van der Waals surface area contributed by atoms with Crippen LogP contribution in [0.5, 0.6) is 0 Å². The smallest absolute Gasteiger partial charge is 0.0730 e. The first-order chi connectivity index (χ1) is 5.25. The fourth-order valence-corrected chi connectivity index (χ4v) is 1.55. The molecular weight excluding hydrogens is 138 g/mol. The van der Waals surface area contributed by atoms with E-state index >= 15 is 0 Å². The van der Waals surface area contributed by atoms with Crippen LogP contribution in [0.3, 0.4) is 0 Å². The van der Waals surface area contributed by atoms with Crippen LogP contribution < -0.4 is 11.1 Å². The molecule has 0 spiro atoms. The van der Waals surface area contributed by atoms with Gasteiger partial charge in [0, 0.05) is 25.7 Å². The highest BCUT2D eigenvalue weighted by Gasteiger charge is 2.21. The lowest BCUT2D eigenvalue weighted by Gasteiger charge is -2.37. The summed E-state index contributed by atoms with van der Waals surface area (Å²) >= 11 is 0. The van der Waals surface area contributed by atoms with Crippen LogP contribution in [0.1, 0.15) is 20.3 Å². The second kappa shape index (κ2) is 4.04. The van der Waals surface area contributed by atoms with Crippen molar-refractivity contribution in [1.29, 1.82) is 0 Å². The lowest BCUT2D eigenvalue weighted by atomic mass is 10.2. The average molecular weight is 156 g/mol. The predicted octanol–water partition coefficient (Wildman–Crippen LogP) is 0.299. The molecule has 0 aromatic rings. The average Bonchev–Trinajstić information content (AvgIpc) is 2.04. The first-order valence-electron chi connectivity index (χ1n) is 4.43. The molecule has 2 unspecified atom stereocenters. The van der Waals surface area contributed by atoms with Crippen LogP contribution in [-0.4, -0.2) is 36.7 Å². The second-order valence-corrected chi connectivity index (χ2v) is 3.22. The molecule has 11 heavy (non-hydrogen) atoms. The van der Waals surface area contributed by atoms with Crippen LogP contribution in [-0.2, 0) is 0 Å². The molecule has 0 aromatic carbocycles. The third kappa shape index (κ3) is 2.15. The van der Waals surface area contributed by atoms with E-state index in [1.165, 1.54) is 0 Å². The number of piperazine rings is 1. The summed E-state index contributed by atoms with van der Waals surface area (Å²) in [7, 11) is 0. The van der Waals surface area contributed by atoms with Gasteiger partial charge in [-0.25, -0.2) is 5.73 Å². The van der Waals surface area contributed by atoms with Gasteiger partial charge in [-0.05, 0) is 13.3 Å². The minimum atomic E-state index is 0.00657. The molecule has 0 aliphatic carbocycles. The van der Waals surface area contributed by atoms with Gasteiger partial charge in [-0.15, -0.1) is 0 Å². The lowest BCUT2D eigenvalue weighted by Crippen LogP contribution is -2.54. The minimum Gasteiger partial charge on any atom is -0.314 e. The third-order valence-corrected chi connectivity index (χ3v) is 2.34. The van der Waals surface area contributed by atoms with Crippen LogP contribution in [0, 0.1) is 0 Å². The molecule has 1 fully saturated rings. The molecule has 1 saturated heterocycles. The molecule has 3 nitrogen and oxygen atoms in total. The molecule has 1 heterocycles. The van der Waals surface area contributed by atoms with Gasteiger partial charge in [0.1, 0.15) is 0 Å². The summed E-state index contributed by atoms with van der Waals surface area (Å²) in [6, 6.07) is 0.534. The van der Waals surface area contributed by atoms with Gasteiger partial charge in [0.05, 0.1) is 6.17 Å². The molecule has 1 rings (SSSR count). The highest BCUT2D eigenvalue weighted by Crippen LogP contribution is 2.07. The molecule has 0 aromatic heterocycles. The van der Waals surface area contributed by atoms with Crippen molar-refractivity contribution in [3.8, 4) is 0 Å². The molecule has 2 atom stereocenters. The Morgan fingerprint density at radius 1 is 1.73 bits per heavy atom. The molecular formula is C8H18N3. The largest absolute Gasteiger partial charge is 0.314 e. The van der Waals surface area contributed by atoms with Crippen LogP contribution in [0.4, 0.5) is 0 Å². The van der Waals surface area contributed by atoms with Crippen molar-refractivity contribution in [2.24, 2.45) is 0 Å². The van der Waals surface area contributed by atoms with Gasteiger partial charge in [0.15, 0.2) is 0 Å². The molecule has 1 radical (unpaired) electrons. The summed E-state index contributed by atoms with van der Waals surface area (Å²) in [5.74, 6) is 0. The van der Waals surface area contributed by atoms with E-state index in [0.717, 1.165) is 26.1 Å². The fraction of sp³-hybridized carbons (Fsp3) is 1.00. The van der Waals surface area contributed by atoms with Crippen molar-refractivity contribution in [1.82, 2.24) is 16.0 Å². The third-order valence-electron chi connectivity index (χ3n) is 2.34. The molecule has 2 N–H and O–H groups in total. The van der Waals surface area contributed by atoms with E-state index in [2.05, 4.69) is 24.1 Å². The second-order valence-electron chi connectivity index (χ2n) is 3.22. The Morgan fingerprint density at radius 2 is 2.45 bits per heavy atom. The molecule has 3 heteroatoms. The van der Waals surface area contributed by atoms with Gasteiger partial charge >= 0.3 is 0 Å². The van der Waals surface area contributed by atoms with E-state index in [1.54, 1.807) is 0 Å². The van der Waals surface area contributed by atoms with E-state index in [1.807, 2.05) is 0 Å². The van der Waals surface area contributed by atoms with Gasteiger partial charge in [0.2, 0.25) is 0 Å². The van der Waals surface area contributed by atoms with Crippen LogP contribution in [0.25, 0.3) is 0 Å². The Labute approximate surface area is 68.9 Å². The van der Waals surface area contributed by atoms with Crippen molar-refractivity contribution in [3.63, 3.8) is 0 Å². The Morgan fingerprint density at radius 3 is 3.00 bits per heavy atom. The van der Waals surface area contributed by atoms with Crippen molar-refractivity contribution in [3.05, 3.63) is 0 Å². The fourth-order valence-electron chi connectivity index (χ4n) is 1.55. The van der Waals surface area contributed by atoms with E-state index < -0.39 is 0 Å². The Kier molecular flexibility index (Phi) is 3.30. The van der Waals surface area contributed by atoms with Crippen molar-refractivity contribution >= 4 is 0 Å². The van der Waals surface area contributed by atoms with E-state index in [4.69, 9.17) is 5.73 Å². The van der Waals surface area contributed by atoms with Crippen molar-refractivity contribution in [2.75, 3.05) is 19.6 Å². The summed E-state index contributed by atoms with van der Waals surface area (Å²) in [5.41, 5.74) is 7.74. The topological polar surface area (TPSA) is 39.1 Å². The highest BCUT2D eigenvalue weighted by atomic mass is 15.3. The summed E-state index contributed by atoms with van der Waals surface area (Å²) in [6.07, 6.45) is 0.941. The standard InChI is InChI=1S/C8H18N3/c1-3-8(9)11-5-4-10-6-7(11)2/h7-10H,3-6H2,1-2H3. The quantitative estimate of drug-likeness (QED) is 0.624. The number of nitrogens with one attached hydrogen (secondary N) is 2. The zero-order valence-corrected chi connectivity index (χ0v) is 7.43. The maximum absolute atomic E-state index is 7.74. The Hall–Kier alpha value is -0.120. The maximum atomic E-state index is 7.74. The zero-order chi connectivity index (χ0) is 8.27. The number of hydrogen-bond acceptors (Lipinski definition) is 2. The first-order valence-corrected chi connectivity index (χ1v) is 4.43. The maximum Gasteiger partial charge on any atom is 0.0730 e. The Bertz CT molecular complexity index is 112. The molecule has 1 aliphatic rings. The van der Waals surface area contributed by atoms with Gasteiger partial charge in [-0.2, -0.15) is 0 Å². The molecule has 0 saturated carbocycles. The SMILES string of the molecule is CCC([NH])N1CCNCC1C. The van der Waals surface area contributed by atoms with Crippen molar-refractivity contribution in [2.45, 2.75) is 32.5 Å². The van der Waals surface area contributed by atoms with Crippen LogP contribution >= 0.6 is 0 Å². The van der Waals surface area contributed by atoms with E-state index in [-0.39, 0.29) is 6.17 Å². The van der Waals surface area contributed by atoms with E-state index in [0.29, 0.717) is 6.04 Å². The molecule has 0 amide bonds. The summed E-state index contributed by atoms with van der Waals surface area (Å²) in [5, 5.41) is 3.32. The van der Waals surface area contributed by atoms with Crippen molar-refractivity contribution < 1.29 is 0 Å². The molecule has 1 aliphatic heterocycles. The Balaban J connectivity index is 2.40. The minimum absolute atomic E-state index is 0.00657. The monoisotopic (exact) mass is 156 g/mol.